The van der Waals surface area contributed by atoms with E-state index in [-0.39, 0.29) is 5.54 Å². The van der Waals surface area contributed by atoms with Gasteiger partial charge in [-0.2, -0.15) is 0 Å². The largest absolute Gasteiger partial charge is 0.309 e. The van der Waals surface area contributed by atoms with Crippen molar-refractivity contribution in [3.8, 4) is 0 Å². The van der Waals surface area contributed by atoms with E-state index in [9.17, 15) is 0 Å². The van der Waals surface area contributed by atoms with Crippen LogP contribution < -0.4 is 5.32 Å². The maximum Gasteiger partial charge on any atom is 0.0473 e. The number of rotatable bonds is 3. The van der Waals surface area contributed by atoms with Gasteiger partial charge in [0.15, 0.2) is 0 Å². The molecule has 1 saturated heterocycles. The number of nitrogens with one attached hydrogen (secondary N) is 1. The molecule has 2 nitrogen and oxygen atoms in total. The number of piperazine rings is 1. The molecule has 20 heavy (non-hydrogen) atoms. The molecule has 0 bridgehead atoms. The molecule has 1 N–H and O–H groups in total. The molecule has 1 aliphatic carbocycles. The average molecular weight is 272 g/mol. The van der Waals surface area contributed by atoms with Gasteiger partial charge in [0.05, 0.1) is 0 Å². The molecule has 1 aromatic rings. The predicted molar refractivity (Wildman–Crippen MR) is 84.8 cm³/mol. The van der Waals surface area contributed by atoms with Crippen molar-refractivity contribution in [3.63, 3.8) is 0 Å². The van der Waals surface area contributed by atoms with E-state index in [1.807, 2.05) is 0 Å². The van der Waals surface area contributed by atoms with Crippen LogP contribution in [0.2, 0.25) is 0 Å². The normalized spacial score (nSPS) is 28.9. The Kier molecular flexibility index (Phi) is 3.64. The lowest BCUT2D eigenvalue weighted by Gasteiger charge is -2.50. The Hall–Kier alpha value is -0.860. The average Bonchev–Trinajstić information content (AvgIpc) is 2.37. The lowest BCUT2D eigenvalue weighted by atomic mass is 9.69. The lowest BCUT2D eigenvalue weighted by molar-refractivity contribution is 0.0198. The summed E-state index contributed by atoms with van der Waals surface area (Å²) in [4.78, 5) is 2.73. The third-order valence-electron chi connectivity index (χ3n) is 5.14. The summed E-state index contributed by atoms with van der Waals surface area (Å²) in [5, 5.41) is 3.72. The Morgan fingerprint density at radius 2 is 1.85 bits per heavy atom. The summed E-state index contributed by atoms with van der Waals surface area (Å²) in [5.74, 6) is 0. The minimum absolute atomic E-state index is 0.228. The van der Waals surface area contributed by atoms with Crippen LogP contribution in [0.4, 0.5) is 0 Å². The van der Waals surface area contributed by atoms with Crippen LogP contribution in [0, 0.1) is 5.41 Å². The van der Waals surface area contributed by atoms with Crippen molar-refractivity contribution in [2.75, 3.05) is 19.6 Å². The van der Waals surface area contributed by atoms with Crippen molar-refractivity contribution < 1.29 is 0 Å². The van der Waals surface area contributed by atoms with E-state index in [1.165, 1.54) is 31.4 Å². The minimum Gasteiger partial charge on any atom is -0.309 e. The fraction of sp³-hybridized carbons (Fsp3) is 0.667. The molecule has 1 aliphatic heterocycles. The molecule has 3 rings (SSSR count). The second-order valence-electron chi connectivity index (χ2n) is 7.76. The van der Waals surface area contributed by atoms with Gasteiger partial charge in [-0.3, -0.25) is 4.90 Å². The number of benzene rings is 1. The van der Waals surface area contributed by atoms with E-state index >= 15 is 0 Å². The molecule has 1 saturated carbocycles. The third-order valence-corrected chi connectivity index (χ3v) is 5.14. The first-order valence-electron chi connectivity index (χ1n) is 8.02. The van der Waals surface area contributed by atoms with Crippen LogP contribution >= 0.6 is 0 Å². The summed E-state index contributed by atoms with van der Waals surface area (Å²) in [6.07, 6.45) is 4.22. The molecule has 0 spiro atoms. The van der Waals surface area contributed by atoms with E-state index in [2.05, 4.69) is 61.3 Å². The number of hydrogen-bond acceptors (Lipinski definition) is 2. The van der Waals surface area contributed by atoms with Gasteiger partial charge in [0, 0.05) is 31.2 Å². The van der Waals surface area contributed by atoms with Crippen molar-refractivity contribution >= 4 is 0 Å². The first-order valence-corrected chi connectivity index (χ1v) is 8.02. The zero-order valence-corrected chi connectivity index (χ0v) is 13.2. The summed E-state index contributed by atoms with van der Waals surface area (Å²) in [5.41, 5.74) is 2.24. The molecule has 1 unspecified atom stereocenters. The smallest absolute Gasteiger partial charge is 0.0473 e. The molecule has 0 aromatic heterocycles. The van der Waals surface area contributed by atoms with Gasteiger partial charge < -0.3 is 5.32 Å². The molecular weight excluding hydrogens is 244 g/mol. The van der Waals surface area contributed by atoms with Gasteiger partial charge in [0.2, 0.25) is 0 Å². The molecule has 0 radical (unpaired) electrons. The van der Waals surface area contributed by atoms with E-state index in [0.717, 1.165) is 13.1 Å². The Morgan fingerprint density at radius 1 is 1.15 bits per heavy atom. The summed E-state index contributed by atoms with van der Waals surface area (Å²) < 4.78 is 0. The van der Waals surface area contributed by atoms with E-state index in [4.69, 9.17) is 0 Å². The van der Waals surface area contributed by atoms with Crippen LogP contribution in [-0.2, 0) is 0 Å². The second-order valence-corrected chi connectivity index (χ2v) is 7.76. The number of hydrogen-bond donors (Lipinski definition) is 1. The molecule has 110 valence electrons. The van der Waals surface area contributed by atoms with Crippen molar-refractivity contribution in [2.45, 2.75) is 51.6 Å². The quantitative estimate of drug-likeness (QED) is 0.904. The summed E-state index contributed by atoms with van der Waals surface area (Å²) in [6.45, 7) is 10.6. The highest BCUT2D eigenvalue weighted by atomic mass is 15.3. The maximum atomic E-state index is 3.72. The predicted octanol–water partition coefficient (Wildman–Crippen LogP) is 3.60. The standard InChI is InChI=1S/C18H28N2/c1-17(2)13-20(14-18(3)10-7-11-18)16(12-19-17)15-8-5-4-6-9-15/h4-6,8-9,16,19H,7,10-14H2,1-3H3. The van der Waals surface area contributed by atoms with E-state index in [1.54, 1.807) is 0 Å². The van der Waals surface area contributed by atoms with Crippen LogP contribution in [0.25, 0.3) is 0 Å². The Morgan fingerprint density at radius 3 is 2.45 bits per heavy atom. The molecule has 1 aromatic carbocycles. The van der Waals surface area contributed by atoms with Crippen LogP contribution in [-0.4, -0.2) is 30.1 Å². The van der Waals surface area contributed by atoms with E-state index in [0.29, 0.717) is 11.5 Å². The van der Waals surface area contributed by atoms with Gasteiger partial charge in [0.1, 0.15) is 0 Å². The first-order chi connectivity index (χ1) is 9.48. The Balaban J connectivity index is 1.79. The van der Waals surface area contributed by atoms with Crippen molar-refractivity contribution in [2.24, 2.45) is 5.41 Å². The molecule has 2 aliphatic rings. The maximum absolute atomic E-state index is 3.72. The van der Waals surface area contributed by atoms with Gasteiger partial charge in [-0.1, -0.05) is 43.7 Å². The fourth-order valence-electron chi connectivity index (χ4n) is 3.77. The van der Waals surface area contributed by atoms with Crippen LogP contribution in [0.15, 0.2) is 30.3 Å². The summed E-state index contributed by atoms with van der Waals surface area (Å²) in [6, 6.07) is 11.5. The lowest BCUT2D eigenvalue weighted by Crippen LogP contribution is -2.60. The highest BCUT2D eigenvalue weighted by Crippen LogP contribution is 2.43. The fourth-order valence-corrected chi connectivity index (χ4v) is 3.77. The third kappa shape index (κ3) is 2.91. The Labute approximate surface area is 123 Å². The molecule has 2 heteroatoms. The highest BCUT2D eigenvalue weighted by Gasteiger charge is 2.39. The molecule has 2 fully saturated rings. The van der Waals surface area contributed by atoms with Gasteiger partial charge in [-0.05, 0) is 37.7 Å². The second kappa shape index (κ2) is 5.16. The monoisotopic (exact) mass is 272 g/mol. The molecule has 0 amide bonds. The van der Waals surface area contributed by atoms with Gasteiger partial charge in [0.25, 0.3) is 0 Å². The van der Waals surface area contributed by atoms with Crippen LogP contribution in [0.1, 0.15) is 51.6 Å². The van der Waals surface area contributed by atoms with Crippen molar-refractivity contribution in [1.82, 2.24) is 10.2 Å². The summed E-state index contributed by atoms with van der Waals surface area (Å²) in [7, 11) is 0. The van der Waals surface area contributed by atoms with Crippen molar-refractivity contribution in [1.29, 1.82) is 0 Å². The molecule has 1 atom stereocenters. The van der Waals surface area contributed by atoms with Gasteiger partial charge in [-0.25, -0.2) is 0 Å². The van der Waals surface area contributed by atoms with Gasteiger partial charge in [-0.15, -0.1) is 0 Å². The molecule has 1 heterocycles. The highest BCUT2D eigenvalue weighted by molar-refractivity contribution is 5.21. The van der Waals surface area contributed by atoms with Crippen LogP contribution in [0.3, 0.4) is 0 Å². The Bertz CT molecular complexity index is 448. The zero-order chi connectivity index (χ0) is 14.2. The van der Waals surface area contributed by atoms with Crippen LogP contribution in [0.5, 0.6) is 0 Å². The molecular formula is C18H28N2. The zero-order valence-electron chi connectivity index (χ0n) is 13.2. The minimum atomic E-state index is 0.228. The van der Waals surface area contributed by atoms with Crippen molar-refractivity contribution in [3.05, 3.63) is 35.9 Å². The number of nitrogens with zero attached hydrogens (tertiary/aromatic N) is 1. The summed E-state index contributed by atoms with van der Waals surface area (Å²) >= 11 is 0. The van der Waals surface area contributed by atoms with E-state index < -0.39 is 0 Å². The first kappa shape index (κ1) is 14.1. The topological polar surface area (TPSA) is 15.3 Å². The van der Waals surface area contributed by atoms with Gasteiger partial charge >= 0.3 is 0 Å². The SMILES string of the molecule is CC1(CN2CC(C)(C)NCC2c2ccccc2)CCC1.